The van der Waals surface area contributed by atoms with Gasteiger partial charge < -0.3 is 5.11 Å². The van der Waals surface area contributed by atoms with E-state index in [1.54, 1.807) is 24.3 Å². The Morgan fingerprint density at radius 2 is 1.41 bits per heavy atom. The quantitative estimate of drug-likeness (QED) is 0.673. The average Bonchev–Trinajstić information content (AvgIpc) is 2.25. The molecule has 0 saturated heterocycles. The van der Waals surface area contributed by atoms with E-state index < -0.39 is 0 Å². The van der Waals surface area contributed by atoms with Crippen LogP contribution in [-0.4, -0.2) is 5.11 Å². The molecule has 0 bridgehead atoms. The second-order valence-electron chi connectivity index (χ2n) is 3.39. The van der Waals surface area contributed by atoms with E-state index in [0.717, 1.165) is 0 Å². The van der Waals surface area contributed by atoms with E-state index >= 15 is 0 Å². The molecule has 0 unspecified atom stereocenters. The molecule has 0 saturated carbocycles. The van der Waals surface area contributed by atoms with Crippen molar-refractivity contribution in [2.24, 2.45) is 0 Å². The van der Waals surface area contributed by atoms with Crippen LogP contribution in [-0.2, 0) is 0 Å². The molecule has 0 heterocycles. The number of rotatable bonds is 1. The number of phenols is 1. The number of hydrogen-bond acceptors (Lipinski definition) is 1. The lowest BCUT2D eigenvalue weighted by Crippen LogP contribution is -1.83. The van der Waals surface area contributed by atoms with E-state index in [9.17, 15) is 5.11 Å². The number of hydrogen-bond donors (Lipinski definition) is 1. The molecule has 5 heteroatoms. The number of halogens is 4. The second kappa shape index (κ2) is 4.95. The summed E-state index contributed by atoms with van der Waals surface area (Å²) in [5, 5.41) is 11.1. The van der Waals surface area contributed by atoms with Crippen LogP contribution in [0.25, 0.3) is 11.1 Å². The molecule has 2 rings (SSSR count). The van der Waals surface area contributed by atoms with Crippen molar-refractivity contribution in [3.8, 4) is 16.9 Å². The molecule has 0 aliphatic carbocycles. The Bertz CT molecular complexity index is 537. The summed E-state index contributed by atoms with van der Waals surface area (Å²) in [5.74, 6) is 0.0620. The highest BCUT2D eigenvalue weighted by atomic mass is 35.5. The molecule has 88 valence electrons. The summed E-state index contributed by atoms with van der Waals surface area (Å²) < 4.78 is 0. The van der Waals surface area contributed by atoms with Crippen molar-refractivity contribution in [2.75, 3.05) is 0 Å². The smallest absolute Gasteiger partial charge is 0.124 e. The van der Waals surface area contributed by atoms with Crippen molar-refractivity contribution >= 4 is 46.4 Å². The van der Waals surface area contributed by atoms with E-state index in [1.165, 1.54) is 6.07 Å². The lowest BCUT2D eigenvalue weighted by molar-refractivity contribution is 0.477. The first-order valence-electron chi connectivity index (χ1n) is 4.63. The van der Waals surface area contributed by atoms with E-state index in [1.807, 2.05) is 0 Å². The predicted octanol–water partition coefficient (Wildman–Crippen LogP) is 5.67. The van der Waals surface area contributed by atoms with Gasteiger partial charge in [0.15, 0.2) is 0 Å². The van der Waals surface area contributed by atoms with Gasteiger partial charge in [0.05, 0.1) is 20.1 Å². The minimum Gasteiger partial charge on any atom is -0.507 e. The van der Waals surface area contributed by atoms with E-state index in [2.05, 4.69) is 0 Å². The third-order valence-corrected chi connectivity index (χ3v) is 3.78. The van der Waals surface area contributed by atoms with Crippen molar-refractivity contribution in [3.63, 3.8) is 0 Å². The molecule has 1 N–H and O–H groups in total. The topological polar surface area (TPSA) is 20.2 Å². The van der Waals surface area contributed by atoms with Gasteiger partial charge in [-0.05, 0) is 29.8 Å². The zero-order valence-corrected chi connectivity index (χ0v) is 11.4. The van der Waals surface area contributed by atoms with Crippen molar-refractivity contribution < 1.29 is 5.11 Å². The van der Waals surface area contributed by atoms with Crippen molar-refractivity contribution in [2.45, 2.75) is 0 Å². The van der Waals surface area contributed by atoms with Crippen LogP contribution >= 0.6 is 46.4 Å². The molecule has 2 aromatic carbocycles. The summed E-state index contributed by atoms with van der Waals surface area (Å²) in [4.78, 5) is 0. The first-order chi connectivity index (χ1) is 8.00. The summed E-state index contributed by atoms with van der Waals surface area (Å²) >= 11 is 23.8. The van der Waals surface area contributed by atoms with Crippen LogP contribution in [0.4, 0.5) is 0 Å². The Morgan fingerprint density at radius 1 is 0.824 bits per heavy atom. The molecule has 0 fully saturated rings. The highest BCUT2D eigenvalue weighted by Gasteiger charge is 2.13. The Balaban J connectivity index is 2.69. The Labute approximate surface area is 118 Å². The molecule has 0 aromatic heterocycles. The molecule has 0 radical (unpaired) electrons. The normalized spacial score (nSPS) is 10.6. The van der Waals surface area contributed by atoms with Gasteiger partial charge in [0.2, 0.25) is 0 Å². The number of aromatic hydroxyl groups is 1. The fourth-order valence-corrected chi connectivity index (χ4v) is 2.37. The van der Waals surface area contributed by atoms with Gasteiger partial charge in [0, 0.05) is 5.56 Å². The van der Waals surface area contributed by atoms with Crippen LogP contribution in [0.5, 0.6) is 5.75 Å². The van der Waals surface area contributed by atoms with Crippen LogP contribution in [0.15, 0.2) is 30.3 Å². The standard InChI is InChI=1S/C12H6Cl4O/c13-7-2-1-3-10(17)11(7)6-4-8(14)12(16)9(15)5-6/h1-5,17H. The summed E-state index contributed by atoms with van der Waals surface area (Å²) in [7, 11) is 0. The fraction of sp³-hybridized carbons (Fsp3) is 0. The van der Waals surface area contributed by atoms with Crippen molar-refractivity contribution in [1.82, 2.24) is 0 Å². The predicted molar refractivity (Wildman–Crippen MR) is 73.6 cm³/mol. The zero-order chi connectivity index (χ0) is 12.6. The molecule has 0 amide bonds. The first-order valence-corrected chi connectivity index (χ1v) is 6.14. The molecule has 1 nitrogen and oxygen atoms in total. The molecular weight excluding hydrogens is 302 g/mol. The number of phenolic OH excluding ortho intramolecular Hbond substituents is 1. The lowest BCUT2D eigenvalue weighted by atomic mass is 10.0. The van der Waals surface area contributed by atoms with Gasteiger partial charge in [0.25, 0.3) is 0 Å². The van der Waals surface area contributed by atoms with Gasteiger partial charge >= 0.3 is 0 Å². The van der Waals surface area contributed by atoms with Crippen LogP contribution in [0, 0.1) is 0 Å². The molecule has 0 atom stereocenters. The van der Waals surface area contributed by atoms with Gasteiger partial charge in [-0.2, -0.15) is 0 Å². The van der Waals surface area contributed by atoms with Gasteiger partial charge in [-0.1, -0.05) is 52.5 Å². The van der Waals surface area contributed by atoms with Crippen LogP contribution in [0.2, 0.25) is 20.1 Å². The van der Waals surface area contributed by atoms with Crippen molar-refractivity contribution in [3.05, 3.63) is 50.4 Å². The minimum absolute atomic E-state index is 0.0620. The molecular formula is C12H6Cl4O. The summed E-state index contributed by atoms with van der Waals surface area (Å²) in [6.45, 7) is 0. The Morgan fingerprint density at radius 3 is 1.94 bits per heavy atom. The molecule has 2 aromatic rings. The second-order valence-corrected chi connectivity index (χ2v) is 4.99. The minimum atomic E-state index is 0.0620. The van der Waals surface area contributed by atoms with Crippen LogP contribution < -0.4 is 0 Å². The van der Waals surface area contributed by atoms with Gasteiger partial charge in [0.1, 0.15) is 5.75 Å². The fourth-order valence-electron chi connectivity index (χ4n) is 1.50. The van der Waals surface area contributed by atoms with E-state index in [0.29, 0.717) is 26.2 Å². The lowest BCUT2D eigenvalue weighted by Gasteiger charge is -2.09. The van der Waals surface area contributed by atoms with Crippen LogP contribution in [0.1, 0.15) is 0 Å². The third kappa shape index (κ3) is 2.48. The monoisotopic (exact) mass is 306 g/mol. The van der Waals surface area contributed by atoms with Gasteiger partial charge in [-0.25, -0.2) is 0 Å². The maximum Gasteiger partial charge on any atom is 0.124 e. The largest absolute Gasteiger partial charge is 0.507 e. The highest BCUT2D eigenvalue weighted by molar-refractivity contribution is 6.48. The SMILES string of the molecule is Oc1cccc(Cl)c1-c1cc(Cl)c(Cl)c(Cl)c1. The molecule has 17 heavy (non-hydrogen) atoms. The first kappa shape index (κ1) is 12.8. The van der Waals surface area contributed by atoms with Crippen LogP contribution in [0.3, 0.4) is 0 Å². The summed E-state index contributed by atoms with van der Waals surface area (Å²) in [5.41, 5.74) is 1.10. The van der Waals surface area contributed by atoms with E-state index in [4.69, 9.17) is 46.4 Å². The third-order valence-electron chi connectivity index (χ3n) is 2.26. The zero-order valence-electron chi connectivity index (χ0n) is 8.35. The molecule has 0 aliphatic heterocycles. The van der Waals surface area contributed by atoms with Gasteiger partial charge in [-0.15, -0.1) is 0 Å². The highest BCUT2D eigenvalue weighted by Crippen LogP contribution is 2.40. The average molecular weight is 308 g/mol. The maximum absolute atomic E-state index is 9.79. The summed E-state index contributed by atoms with van der Waals surface area (Å²) in [6, 6.07) is 8.08. The maximum atomic E-state index is 9.79. The Hall–Kier alpha value is -0.600. The van der Waals surface area contributed by atoms with E-state index in [-0.39, 0.29) is 10.8 Å². The molecule has 0 spiro atoms. The Kier molecular flexibility index (Phi) is 3.74. The van der Waals surface area contributed by atoms with Gasteiger partial charge in [-0.3, -0.25) is 0 Å². The summed E-state index contributed by atoms with van der Waals surface area (Å²) in [6.07, 6.45) is 0. The number of benzene rings is 2. The molecule has 0 aliphatic rings. The van der Waals surface area contributed by atoms with Crippen molar-refractivity contribution in [1.29, 1.82) is 0 Å².